The number of nitrogens with one attached hydrogen (secondary N) is 1. The number of nitrogens with zero attached hydrogens (tertiary/aromatic N) is 6. The van der Waals surface area contributed by atoms with Crippen molar-refractivity contribution >= 4 is 17.6 Å². The molecule has 0 bridgehead atoms. The van der Waals surface area contributed by atoms with Crippen LogP contribution < -0.4 is 15.1 Å². The van der Waals surface area contributed by atoms with Crippen molar-refractivity contribution in [3.8, 4) is 0 Å². The summed E-state index contributed by atoms with van der Waals surface area (Å²) in [5.74, 6) is 3.71. The standard InChI is InChI=1S/C23H33N7O/c1-2-18-12-22(28-23(26-18)29-8-4-3-5-9-29)30-14-16-10-19(20(31)11-17(16)15-30)27-21-13-24-6-7-25-21/h6-7,12-13,16-17,19-20,31H,2-5,8-11,14-15H2,1H3,(H,25,27)/t16-,17+,19-,20-/m1/s1. The summed E-state index contributed by atoms with van der Waals surface area (Å²) in [6.07, 6.45) is 11.1. The van der Waals surface area contributed by atoms with E-state index in [2.05, 4.69) is 38.1 Å². The predicted octanol–water partition coefficient (Wildman–Crippen LogP) is 2.51. The van der Waals surface area contributed by atoms with Crippen LogP contribution in [0.5, 0.6) is 0 Å². The number of rotatable bonds is 5. The van der Waals surface area contributed by atoms with Gasteiger partial charge in [-0.05, 0) is 50.4 Å². The zero-order valence-corrected chi connectivity index (χ0v) is 18.3. The van der Waals surface area contributed by atoms with Crippen LogP contribution in [0.25, 0.3) is 0 Å². The second-order valence-electron chi connectivity index (χ2n) is 9.22. The number of aromatic nitrogens is 4. The number of fused-ring (bicyclic) bond motifs is 1. The van der Waals surface area contributed by atoms with Crippen LogP contribution in [0.4, 0.5) is 17.6 Å². The number of aryl methyl sites for hydroxylation is 1. The van der Waals surface area contributed by atoms with E-state index in [0.29, 0.717) is 11.8 Å². The summed E-state index contributed by atoms with van der Waals surface area (Å²) in [4.78, 5) is 23.0. The molecule has 2 aromatic heterocycles. The lowest BCUT2D eigenvalue weighted by atomic mass is 9.77. The van der Waals surface area contributed by atoms with Gasteiger partial charge in [0.25, 0.3) is 0 Å². The molecule has 0 spiro atoms. The Labute approximate surface area is 184 Å². The molecule has 8 heteroatoms. The fourth-order valence-corrected chi connectivity index (χ4v) is 5.38. The highest BCUT2D eigenvalue weighted by atomic mass is 16.3. The highest BCUT2D eigenvalue weighted by Gasteiger charge is 2.42. The lowest BCUT2D eigenvalue weighted by Gasteiger charge is -2.35. The van der Waals surface area contributed by atoms with Crippen molar-refractivity contribution in [1.29, 1.82) is 0 Å². The van der Waals surface area contributed by atoms with Gasteiger partial charge in [0, 0.05) is 50.3 Å². The molecular weight excluding hydrogens is 390 g/mol. The predicted molar refractivity (Wildman–Crippen MR) is 121 cm³/mol. The van der Waals surface area contributed by atoms with Gasteiger partial charge in [0.2, 0.25) is 5.95 Å². The maximum absolute atomic E-state index is 10.8. The highest BCUT2D eigenvalue weighted by Crippen LogP contribution is 2.39. The summed E-state index contributed by atoms with van der Waals surface area (Å²) in [6.45, 7) is 6.21. The lowest BCUT2D eigenvalue weighted by Crippen LogP contribution is -2.43. The second kappa shape index (κ2) is 8.94. The fraction of sp³-hybridized carbons (Fsp3) is 0.652. The first-order valence-electron chi connectivity index (χ1n) is 11.8. The number of hydrogen-bond donors (Lipinski definition) is 2. The first-order chi connectivity index (χ1) is 15.2. The second-order valence-corrected chi connectivity index (χ2v) is 9.22. The average Bonchev–Trinajstić information content (AvgIpc) is 3.23. The van der Waals surface area contributed by atoms with Crippen molar-refractivity contribution in [2.24, 2.45) is 11.8 Å². The molecule has 4 atom stereocenters. The van der Waals surface area contributed by atoms with Gasteiger partial charge in [0.05, 0.1) is 18.3 Å². The van der Waals surface area contributed by atoms with Gasteiger partial charge in [-0.1, -0.05) is 6.92 Å². The first-order valence-corrected chi connectivity index (χ1v) is 11.8. The topological polar surface area (TPSA) is 90.3 Å². The van der Waals surface area contributed by atoms with E-state index in [-0.39, 0.29) is 12.1 Å². The van der Waals surface area contributed by atoms with Gasteiger partial charge in [0.1, 0.15) is 11.6 Å². The Bertz CT molecular complexity index is 873. The van der Waals surface area contributed by atoms with E-state index in [1.165, 1.54) is 19.3 Å². The quantitative estimate of drug-likeness (QED) is 0.758. The summed E-state index contributed by atoms with van der Waals surface area (Å²) in [7, 11) is 0. The molecule has 2 N–H and O–H groups in total. The average molecular weight is 424 g/mol. The molecule has 2 aliphatic heterocycles. The van der Waals surface area contributed by atoms with E-state index in [0.717, 1.165) is 68.7 Å². The van der Waals surface area contributed by atoms with E-state index in [9.17, 15) is 5.11 Å². The third-order valence-corrected chi connectivity index (χ3v) is 7.12. The molecule has 1 saturated carbocycles. The van der Waals surface area contributed by atoms with Gasteiger partial charge in [-0.25, -0.2) is 9.97 Å². The van der Waals surface area contributed by atoms with Crippen LogP contribution in [0.1, 0.15) is 44.7 Å². The minimum absolute atomic E-state index is 0.0124. The number of piperidine rings is 1. The zero-order valence-electron chi connectivity index (χ0n) is 18.3. The molecule has 166 valence electrons. The van der Waals surface area contributed by atoms with Crippen LogP contribution >= 0.6 is 0 Å². The van der Waals surface area contributed by atoms with Crippen LogP contribution in [0.2, 0.25) is 0 Å². The summed E-state index contributed by atoms with van der Waals surface area (Å²) in [5, 5.41) is 14.2. The molecule has 0 unspecified atom stereocenters. The van der Waals surface area contributed by atoms with Gasteiger partial charge in [-0.2, -0.15) is 4.98 Å². The SMILES string of the molecule is CCc1cc(N2C[C@H]3C[C@@H](Nc4cnccn4)[C@H](O)C[C@H]3C2)nc(N2CCCCC2)n1. The molecule has 1 aliphatic carbocycles. The highest BCUT2D eigenvalue weighted by molar-refractivity contribution is 5.47. The van der Waals surface area contributed by atoms with E-state index in [1.807, 2.05) is 0 Å². The first kappa shape index (κ1) is 20.4. The molecule has 3 aliphatic rings. The van der Waals surface area contributed by atoms with E-state index >= 15 is 0 Å². The van der Waals surface area contributed by atoms with Crippen molar-refractivity contribution < 1.29 is 5.11 Å². The third-order valence-electron chi connectivity index (χ3n) is 7.12. The minimum atomic E-state index is -0.372. The van der Waals surface area contributed by atoms with Crippen LogP contribution in [0.3, 0.4) is 0 Å². The molecule has 5 rings (SSSR count). The Hall–Kier alpha value is -2.48. The third kappa shape index (κ3) is 4.44. The zero-order chi connectivity index (χ0) is 21.2. The van der Waals surface area contributed by atoms with Crippen LogP contribution in [0, 0.1) is 11.8 Å². The van der Waals surface area contributed by atoms with Crippen molar-refractivity contribution in [2.75, 3.05) is 41.3 Å². The number of hydrogen-bond acceptors (Lipinski definition) is 8. The Morgan fingerprint density at radius 3 is 2.58 bits per heavy atom. The maximum atomic E-state index is 10.8. The summed E-state index contributed by atoms with van der Waals surface area (Å²) >= 11 is 0. The Morgan fingerprint density at radius 1 is 1.03 bits per heavy atom. The van der Waals surface area contributed by atoms with Crippen LogP contribution in [0.15, 0.2) is 24.7 Å². The molecule has 31 heavy (non-hydrogen) atoms. The fourth-order valence-electron chi connectivity index (χ4n) is 5.38. The van der Waals surface area contributed by atoms with Crippen molar-refractivity contribution in [1.82, 2.24) is 19.9 Å². The van der Waals surface area contributed by atoms with Crippen LogP contribution in [-0.2, 0) is 6.42 Å². The number of aliphatic hydroxyl groups excluding tert-OH is 1. The van der Waals surface area contributed by atoms with Crippen molar-refractivity contribution in [3.63, 3.8) is 0 Å². The van der Waals surface area contributed by atoms with Gasteiger partial charge in [-0.3, -0.25) is 4.98 Å². The number of aliphatic hydroxyl groups is 1. The summed E-state index contributed by atoms with van der Waals surface area (Å²) in [5.41, 5.74) is 1.11. The summed E-state index contributed by atoms with van der Waals surface area (Å²) < 4.78 is 0. The maximum Gasteiger partial charge on any atom is 0.227 e. The Morgan fingerprint density at radius 2 is 1.84 bits per heavy atom. The molecule has 0 amide bonds. The van der Waals surface area contributed by atoms with E-state index in [1.54, 1.807) is 18.6 Å². The molecule has 2 aromatic rings. The van der Waals surface area contributed by atoms with Gasteiger partial charge in [-0.15, -0.1) is 0 Å². The van der Waals surface area contributed by atoms with Gasteiger partial charge in [0.15, 0.2) is 0 Å². The molecule has 2 saturated heterocycles. The minimum Gasteiger partial charge on any atom is -0.391 e. The molecular formula is C23H33N7O. The number of anilines is 3. The Kier molecular flexibility index (Phi) is 5.89. The van der Waals surface area contributed by atoms with E-state index < -0.39 is 0 Å². The molecule has 4 heterocycles. The van der Waals surface area contributed by atoms with Gasteiger partial charge >= 0.3 is 0 Å². The molecule has 8 nitrogen and oxygen atoms in total. The smallest absolute Gasteiger partial charge is 0.227 e. The lowest BCUT2D eigenvalue weighted by molar-refractivity contribution is 0.0737. The normalized spacial score (nSPS) is 28.5. The Balaban J connectivity index is 1.30. The molecule has 0 radical (unpaired) electrons. The van der Waals surface area contributed by atoms with Crippen molar-refractivity contribution in [3.05, 3.63) is 30.4 Å². The molecule has 0 aromatic carbocycles. The van der Waals surface area contributed by atoms with E-state index in [4.69, 9.17) is 9.97 Å². The largest absolute Gasteiger partial charge is 0.391 e. The summed E-state index contributed by atoms with van der Waals surface area (Å²) in [6, 6.07) is 2.18. The van der Waals surface area contributed by atoms with Crippen LogP contribution in [-0.4, -0.2) is 63.4 Å². The van der Waals surface area contributed by atoms with Gasteiger partial charge < -0.3 is 20.2 Å². The molecule has 3 fully saturated rings. The van der Waals surface area contributed by atoms with Crippen molar-refractivity contribution in [2.45, 2.75) is 57.6 Å². The monoisotopic (exact) mass is 423 g/mol.